The second-order valence-electron chi connectivity index (χ2n) is 4.42. The molecule has 0 spiro atoms. The van der Waals surface area contributed by atoms with Gasteiger partial charge in [-0.05, 0) is 47.5 Å². The van der Waals surface area contributed by atoms with E-state index in [4.69, 9.17) is 9.47 Å². The lowest BCUT2D eigenvalue weighted by atomic mass is 10.2. The smallest absolute Gasteiger partial charge is 0.319 e. The lowest BCUT2D eigenvalue weighted by Gasteiger charge is -2.17. The van der Waals surface area contributed by atoms with Gasteiger partial charge in [0.2, 0.25) is 0 Å². The minimum absolute atomic E-state index is 0.0602. The zero-order chi connectivity index (χ0) is 13.8. The Bertz CT molecular complexity index is 467. The van der Waals surface area contributed by atoms with E-state index in [1.54, 1.807) is 25.3 Å². The van der Waals surface area contributed by atoms with E-state index >= 15 is 0 Å². The Morgan fingerprint density at radius 2 is 2.32 bits per heavy atom. The predicted octanol–water partition coefficient (Wildman–Crippen LogP) is 2.76. The zero-order valence-corrected chi connectivity index (χ0v) is 12.5. The van der Waals surface area contributed by atoms with Crippen LogP contribution in [0.1, 0.15) is 13.3 Å². The molecule has 0 aromatic heterocycles. The summed E-state index contributed by atoms with van der Waals surface area (Å²) in [4.78, 5) is 11.9. The molecule has 0 bridgehead atoms. The van der Waals surface area contributed by atoms with Gasteiger partial charge in [-0.1, -0.05) is 0 Å². The first kappa shape index (κ1) is 14.1. The third kappa shape index (κ3) is 3.61. The van der Waals surface area contributed by atoms with Crippen LogP contribution in [0.25, 0.3) is 0 Å². The fourth-order valence-electron chi connectivity index (χ4n) is 1.97. The van der Waals surface area contributed by atoms with Crippen LogP contribution < -0.4 is 15.4 Å². The molecule has 2 atom stereocenters. The van der Waals surface area contributed by atoms with Crippen LogP contribution in [0.3, 0.4) is 0 Å². The molecular weight excluding hydrogens is 312 g/mol. The molecule has 2 N–H and O–H groups in total. The average molecular weight is 329 g/mol. The lowest BCUT2D eigenvalue weighted by molar-refractivity contribution is 0.114. The molecule has 1 heterocycles. The first-order valence-electron chi connectivity index (χ1n) is 6.13. The maximum absolute atomic E-state index is 11.9. The summed E-state index contributed by atoms with van der Waals surface area (Å²) in [5.41, 5.74) is 0.699. The maximum Gasteiger partial charge on any atom is 0.319 e. The van der Waals surface area contributed by atoms with Crippen molar-refractivity contribution in [1.82, 2.24) is 5.32 Å². The van der Waals surface area contributed by atoms with Crippen molar-refractivity contribution in [2.24, 2.45) is 0 Å². The van der Waals surface area contributed by atoms with Crippen LogP contribution in [0, 0.1) is 0 Å². The Balaban J connectivity index is 1.95. The van der Waals surface area contributed by atoms with Crippen molar-refractivity contribution in [2.45, 2.75) is 25.5 Å². The van der Waals surface area contributed by atoms with Gasteiger partial charge in [-0.3, -0.25) is 0 Å². The number of rotatable bonds is 3. The van der Waals surface area contributed by atoms with E-state index in [0.717, 1.165) is 16.6 Å². The highest BCUT2D eigenvalue weighted by molar-refractivity contribution is 9.10. The number of hydrogen-bond donors (Lipinski definition) is 2. The summed E-state index contributed by atoms with van der Waals surface area (Å²) in [5.74, 6) is 0.732. The summed E-state index contributed by atoms with van der Waals surface area (Å²) in [6.45, 7) is 2.65. The second kappa shape index (κ2) is 6.25. The van der Waals surface area contributed by atoms with Crippen LogP contribution in [0.5, 0.6) is 5.75 Å². The Labute approximate surface area is 120 Å². The van der Waals surface area contributed by atoms with Crippen LogP contribution in [0.2, 0.25) is 0 Å². The summed E-state index contributed by atoms with van der Waals surface area (Å²) in [5, 5.41) is 5.71. The second-order valence-corrected chi connectivity index (χ2v) is 5.27. The van der Waals surface area contributed by atoms with Crippen molar-refractivity contribution in [3.05, 3.63) is 22.7 Å². The maximum atomic E-state index is 11.9. The number of ether oxygens (including phenoxy) is 2. The number of nitrogens with one attached hydrogen (secondary N) is 2. The van der Waals surface area contributed by atoms with Gasteiger partial charge < -0.3 is 20.1 Å². The summed E-state index contributed by atoms with van der Waals surface area (Å²) >= 11 is 3.39. The van der Waals surface area contributed by atoms with Gasteiger partial charge in [0, 0.05) is 11.1 Å². The summed E-state index contributed by atoms with van der Waals surface area (Å²) < 4.78 is 11.3. The predicted molar refractivity (Wildman–Crippen MR) is 76.7 cm³/mol. The first-order chi connectivity index (χ1) is 9.10. The van der Waals surface area contributed by atoms with Crippen LogP contribution in [0.4, 0.5) is 10.5 Å². The topological polar surface area (TPSA) is 59.6 Å². The molecule has 0 saturated carbocycles. The molecule has 1 aromatic rings. The van der Waals surface area contributed by atoms with E-state index in [-0.39, 0.29) is 18.2 Å². The first-order valence-corrected chi connectivity index (χ1v) is 6.92. The zero-order valence-electron chi connectivity index (χ0n) is 10.9. The highest BCUT2D eigenvalue weighted by Crippen LogP contribution is 2.27. The number of carbonyl (C=O) groups excluding carboxylic acids is 1. The molecule has 0 radical (unpaired) electrons. The number of anilines is 1. The lowest BCUT2D eigenvalue weighted by Crippen LogP contribution is -2.41. The largest absolute Gasteiger partial charge is 0.497 e. The molecule has 1 aliphatic heterocycles. The van der Waals surface area contributed by atoms with Crippen LogP contribution >= 0.6 is 15.9 Å². The summed E-state index contributed by atoms with van der Waals surface area (Å²) in [6.07, 6.45) is 0.906. The van der Waals surface area contributed by atoms with E-state index in [0.29, 0.717) is 12.3 Å². The van der Waals surface area contributed by atoms with E-state index < -0.39 is 0 Å². The number of carbonyl (C=O) groups is 1. The summed E-state index contributed by atoms with van der Waals surface area (Å²) in [7, 11) is 1.60. The van der Waals surface area contributed by atoms with E-state index in [9.17, 15) is 4.79 Å². The fraction of sp³-hybridized carbons (Fsp3) is 0.462. The van der Waals surface area contributed by atoms with Gasteiger partial charge in [0.1, 0.15) is 5.75 Å². The Morgan fingerprint density at radius 1 is 1.53 bits per heavy atom. The van der Waals surface area contributed by atoms with Gasteiger partial charge in [0.25, 0.3) is 0 Å². The number of hydrogen-bond acceptors (Lipinski definition) is 3. The minimum atomic E-state index is -0.229. The van der Waals surface area contributed by atoms with Crippen molar-refractivity contribution >= 4 is 27.6 Å². The highest BCUT2D eigenvalue weighted by atomic mass is 79.9. The molecular formula is C13H17BrN2O3. The van der Waals surface area contributed by atoms with E-state index in [1.807, 2.05) is 6.92 Å². The molecule has 5 nitrogen and oxygen atoms in total. The van der Waals surface area contributed by atoms with E-state index in [1.165, 1.54) is 0 Å². The van der Waals surface area contributed by atoms with Gasteiger partial charge in [0.15, 0.2) is 0 Å². The SMILES string of the molecule is COc1ccc(NC(=O)N[C@H]2CCO[C@H]2C)c(Br)c1. The van der Waals surface area contributed by atoms with Gasteiger partial charge in [-0.25, -0.2) is 4.79 Å². The van der Waals surface area contributed by atoms with Gasteiger partial charge >= 0.3 is 6.03 Å². The average Bonchev–Trinajstić information content (AvgIpc) is 2.77. The molecule has 1 aliphatic rings. The minimum Gasteiger partial charge on any atom is -0.497 e. The molecule has 104 valence electrons. The van der Waals surface area contributed by atoms with Crippen LogP contribution in [-0.2, 0) is 4.74 Å². The Morgan fingerprint density at radius 3 is 2.89 bits per heavy atom. The molecule has 6 heteroatoms. The highest BCUT2D eigenvalue weighted by Gasteiger charge is 2.25. The molecule has 19 heavy (non-hydrogen) atoms. The van der Waals surface area contributed by atoms with Gasteiger partial charge in [-0.15, -0.1) is 0 Å². The summed E-state index contributed by atoms with van der Waals surface area (Å²) in [6, 6.07) is 5.22. The molecule has 1 aromatic carbocycles. The Hall–Kier alpha value is -1.27. The number of methoxy groups -OCH3 is 1. The van der Waals surface area contributed by atoms with Crippen LogP contribution in [-0.4, -0.2) is 31.9 Å². The number of amides is 2. The van der Waals surface area contributed by atoms with Gasteiger partial charge in [-0.2, -0.15) is 0 Å². The normalized spacial score (nSPS) is 22.1. The monoisotopic (exact) mass is 328 g/mol. The molecule has 2 amide bonds. The number of halogens is 1. The third-order valence-electron chi connectivity index (χ3n) is 3.12. The van der Waals surface area contributed by atoms with Crippen molar-refractivity contribution in [3.63, 3.8) is 0 Å². The van der Waals surface area contributed by atoms with Crippen molar-refractivity contribution in [3.8, 4) is 5.75 Å². The fourth-order valence-corrected chi connectivity index (χ4v) is 2.43. The Kier molecular flexibility index (Phi) is 4.66. The molecule has 1 saturated heterocycles. The van der Waals surface area contributed by atoms with Gasteiger partial charge in [0.05, 0.1) is 24.9 Å². The third-order valence-corrected chi connectivity index (χ3v) is 3.77. The molecule has 1 fully saturated rings. The standard InChI is InChI=1S/C13H17BrN2O3/c1-8-11(5-6-19-8)15-13(17)16-12-4-3-9(18-2)7-10(12)14/h3-4,7-8,11H,5-6H2,1-2H3,(H2,15,16,17)/t8-,11-/m0/s1. The van der Waals surface area contributed by atoms with Crippen molar-refractivity contribution in [2.75, 3.05) is 19.0 Å². The quantitative estimate of drug-likeness (QED) is 0.896. The van der Waals surface area contributed by atoms with Crippen molar-refractivity contribution in [1.29, 1.82) is 0 Å². The molecule has 2 rings (SSSR count). The number of urea groups is 1. The van der Waals surface area contributed by atoms with Crippen molar-refractivity contribution < 1.29 is 14.3 Å². The van der Waals surface area contributed by atoms with E-state index in [2.05, 4.69) is 26.6 Å². The van der Waals surface area contributed by atoms with Crippen LogP contribution in [0.15, 0.2) is 22.7 Å². The molecule has 0 aliphatic carbocycles. The molecule has 0 unspecified atom stereocenters. The number of benzene rings is 1.